The first-order valence-electron chi connectivity index (χ1n) is 6.92. The number of aromatic nitrogens is 1. The lowest BCUT2D eigenvalue weighted by Crippen LogP contribution is -2.24. The van der Waals surface area contributed by atoms with E-state index in [0.717, 1.165) is 18.8 Å². The van der Waals surface area contributed by atoms with E-state index < -0.39 is 0 Å². The molecule has 2 heterocycles. The second-order valence-corrected chi connectivity index (χ2v) is 5.67. The van der Waals surface area contributed by atoms with Gasteiger partial charge in [-0.2, -0.15) is 0 Å². The van der Waals surface area contributed by atoms with Gasteiger partial charge in [-0.3, -0.25) is 9.88 Å². The van der Waals surface area contributed by atoms with Gasteiger partial charge in [0.25, 0.3) is 0 Å². The van der Waals surface area contributed by atoms with Crippen molar-refractivity contribution in [2.24, 2.45) is 0 Å². The molecule has 98 valence electrons. The van der Waals surface area contributed by atoms with Crippen molar-refractivity contribution in [3.63, 3.8) is 0 Å². The second-order valence-electron chi connectivity index (χ2n) is 5.67. The molecule has 0 unspecified atom stereocenters. The van der Waals surface area contributed by atoms with Gasteiger partial charge in [0.2, 0.25) is 0 Å². The maximum atomic E-state index is 4.26. The first-order chi connectivity index (χ1) is 9.13. The smallest absolute Gasteiger partial charge is 0.0378 e. The summed E-state index contributed by atoms with van der Waals surface area (Å²) in [4.78, 5) is 6.77. The van der Waals surface area contributed by atoms with Gasteiger partial charge in [-0.15, -0.1) is 0 Å². The zero-order chi connectivity index (χ0) is 13.4. The average Bonchev–Trinajstić information content (AvgIpc) is 2.81. The van der Waals surface area contributed by atoms with Gasteiger partial charge in [0.15, 0.2) is 0 Å². The van der Waals surface area contributed by atoms with Crippen LogP contribution in [-0.2, 0) is 13.1 Å². The minimum absolute atomic E-state index is 0.610. The van der Waals surface area contributed by atoms with Crippen LogP contribution in [0.25, 0.3) is 11.1 Å². The number of hydrogen-bond donors (Lipinski definition) is 0. The lowest BCUT2D eigenvalue weighted by molar-refractivity contribution is 0.227. The molecule has 1 aliphatic heterocycles. The van der Waals surface area contributed by atoms with Crippen molar-refractivity contribution < 1.29 is 0 Å². The maximum absolute atomic E-state index is 4.26. The predicted molar refractivity (Wildman–Crippen MR) is 78.8 cm³/mol. The highest BCUT2D eigenvalue weighted by Crippen LogP contribution is 2.29. The highest BCUT2D eigenvalue weighted by molar-refractivity contribution is 5.65. The van der Waals surface area contributed by atoms with Crippen molar-refractivity contribution in [3.8, 4) is 11.1 Å². The van der Waals surface area contributed by atoms with Crippen LogP contribution in [0.4, 0.5) is 0 Å². The van der Waals surface area contributed by atoms with Crippen LogP contribution in [0.3, 0.4) is 0 Å². The molecule has 0 fully saturated rings. The number of hydrogen-bond acceptors (Lipinski definition) is 2. The Bertz CT molecular complexity index is 602. The third-order valence-electron chi connectivity index (χ3n) is 3.91. The van der Waals surface area contributed by atoms with Crippen LogP contribution in [0.2, 0.25) is 0 Å². The quantitative estimate of drug-likeness (QED) is 0.808. The van der Waals surface area contributed by atoms with E-state index in [1.165, 1.54) is 22.3 Å². The fraction of sp³-hybridized carbons (Fsp3) is 0.353. The van der Waals surface area contributed by atoms with Crippen LogP contribution in [-0.4, -0.2) is 15.9 Å². The van der Waals surface area contributed by atoms with Crippen molar-refractivity contribution in [1.29, 1.82) is 0 Å². The molecule has 0 amide bonds. The Hall–Kier alpha value is -1.67. The first kappa shape index (κ1) is 12.4. The van der Waals surface area contributed by atoms with E-state index >= 15 is 0 Å². The van der Waals surface area contributed by atoms with Gasteiger partial charge >= 0.3 is 0 Å². The SMILES string of the molecule is Cc1cc(-c2ccc3c(c2)CN(C(C)C)C3)ccn1. The Morgan fingerprint density at radius 3 is 2.47 bits per heavy atom. The summed E-state index contributed by atoms with van der Waals surface area (Å²) in [6, 6.07) is 11.7. The minimum Gasteiger partial charge on any atom is -0.292 e. The molecule has 0 N–H and O–H groups in total. The van der Waals surface area contributed by atoms with E-state index in [9.17, 15) is 0 Å². The van der Waals surface area contributed by atoms with E-state index in [2.05, 4.69) is 54.1 Å². The highest BCUT2D eigenvalue weighted by Gasteiger charge is 2.21. The summed E-state index contributed by atoms with van der Waals surface area (Å²) in [7, 11) is 0. The molecule has 0 bridgehead atoms. The fourth-order valence-electron chi connectivity index (χ4n) is 2.69. The van der Waals surface area contributed by atoms with Crippen LogP contribution in [0, 0.1) is 6.92 Å². The van der Waals surface area contributed by atoms with Crippen LogP contribution < -0.4 is 0 Å². The topological polar surface area (TPSA) is 16.1 Å². The van der Waals surface area contributed by atoms with Crippen molar-refractivity contribution in [3.05, 3.63) is 53.3 Å². The van der Waals surface area contributed by atoms with E-state index in [1.807, 2.05) is 13.1 Å². The molecule has 0 saturated carbocycles. The molecule has 0 atom stereocenters. The summed E-state index contributed by atoms with van der Waals surface area (Å²) in [5, 5.41) is 0. The maximum Gasteiger partial charge on any atom is 0.0378 e. The number of fused-ring (bicyclic) bond motifs is 1. The monoisotopic (exact) mass is 252 g/mol. The molecule has 3 rings (SSSR count). The molecule has 0 spiro atoms. The van der Waals surface area contributed by atoms with Crippen LogP contribution in [0.5, 0.6) is 0 Å². The lowest BCUT2D eigenvalue weighted by Gasteiger charge is -2.18. The molecular formula is C17H20N2. The zero-order valence-corrected chi connectivity index (χ0v) is 11.9. The number of aryl methyl sites for hydroxylation is 1. The highest BCUT2D eigenvalue weighted by atomic mass is 15.2. The summed E-state index contributed by atoms with van der Waals surface area (Å²) in [6.07, 6.45) is 1.89. The Labute approximate surface area is 115 Å². The zero-order valence-electron chi connectivity index (χ0n) is 11.9. The molecule has 2 heteroatoms. The number of rotatable bonds is 2. The van der Waals surface area contributed by atoms with Gasteiger partial charge in [0.05, 0.1) is 0 Å². The summed E-state index contributed by atoms with van der Waals surface area (Å²) in [6.45, 7) is 8.73. The average molecular weight is 252 g/mol. The third-order valence-corrected chi connectivity index (χ3v) is 3.91. The molecule has 0 saturated heterocycles. The largest absolute Gasteiger partial charge is 0.292 e. The molecular weight excluding hydrogens is 232 g/mol. The normalized spacial score (nSPS) is 14.9. The number of benzene rings is 1. The van der Waals surface area contributed by atoms with Crippen molar-refractivity contribution in [2.45, 2.75) is 39.9 Å². The molecule has 1 aromatic heterocycles. The van der Waals surface area contributed by atoms with E-state index in [1.54, 1.807) is 0 Å². The number of nitrogens with zero attached hydrogens (tertiary/aromatic N) is 2. The Morgan fingerprint density at radius 1 is 1.00 bits per heavy atom. The van der Waals surface area contributed by atoms with Crippen LogP contribution in [0.15, 0.2) is 36.5 Å². The molecule has 19 heavy (non-hydrogen) atoms. The Kier molecular flexibility index (Phi) is 3.11. The first-order valence-corrected chi connectivity index (χ1v) is 6.92. The summed E-state index contributed by atoms with van der Waals surface area (Å²) < 4.78 is 0. The van der Waals surface area contributed by atoms with Crippen molar-refractivity contribution >= 4 is 0 Å². The lowest BCUT2D eigenvalue weighted by atomic mass is 10.0. The summed E-state index contributed by atoms with van der Waals surface area (Å²) in [5.74, 6) is 0. The predicted octanol–water partition coefficient (Wildman–Crippen LogP) is 3.78. The van der Waals surface area contributed by atoms with E-state index in [4.69, 9.17) is 0 Å². The van der Waals surface area contributed by atoms with E-state index in [-0.39, 0.29) is 0 Å². The van der Waals surface area contributed by atoms with Gasteiger partial charge in [0, 0.05) is 31.0 Å². The van der Waals surface area contributed by atoms with Gasteiger partial charge in [-0.1, -0.05) is 12.1 Å². The van der Waals surface area contributed by atoms with Gasteiger partial charge in [-0.05, 0) is 61.2 Å². The third kappa shape index (κ3) is 2.41. The summed E-state index contributed by atoms with van der Waals surface area (Å²) >= 11 is 0. The van der Waals surface area contributed by atoms with Crippen LogP contribution >= 0.6 is 0 Å². The van der Waals surface area contributed by atoms with Gasteiger partial charge in [-0.25, -0.2) is 0 Å². The molecule has 1 aliphatic rings. The van der Waals surface area contributed by atoms with Crippen molar-refractivity contribution in [2.75, 3.05) is 0 Å². The Morgan fingerprint density at radius 2 is 1.74 bits per heavy atom. The molecule has 2 aromatic rings. The molecule has 0 aliphatic carbocycles. The Balaban J connectivity index is 1.94. The van der Waals surface area contributed by atoms with E-state index in [0.29, 0.717) is 6.04 Å². The van der Waals surface area contributed by atoms with Crippen LogP contribution in [0.1, 0.15) is 30.7 Å². The summed E-state index contributed by atoms with van der Waals surface area (Å²) in [5.41, 5.74) is 6.58. The number of pyridine rings is 1. The molecule has 0 radical (unpaired) electrons. The minimum atomic E-state index is 0.610. The van der Waals surface area contributed by atoms with Gasteiger partial charge in [0.1, 0.15) is 0 Å². The second kappa shape index (κ2) is 4.78. The molecule has 2 nitrogen and oxygen atoms in total. The fourth-order valence-corrected chi connectivity index (χ4v) is 2.69. The van der Waals surface area contributed by atoms with Crippen molar-refractivity contribution in [1.82, 2.24) is 9.88 Å². The standard InChI is InChI=1S/C17H20N2/c1-12(2)19-10-16-5-4-14(9-17(16)11-19)15-6-7-18-13(3)8-15/h4-9,12H,10-11H2,1-3H3. The van der Waals surface area contributed by atoms with Gasteiger partial charge < -0.3 is 0 Å². The molecule has 1 aromatic carbocycles.